The van der Waals surface area contributed by atoms with Crippen molar-refractivity contribution in [2.75, 3.05) is 6.54 Å². The van der Waals surface area contributed by atoms with Gasteiger partial charge < -0.3 is 0 Å². The van der Waals surface area contributed by atoms with E-state index in [9.17, 15) is 8.42 Å². The molecule has 0 unspecified atom stereocenters. The Bertz CT molecular complexity index is 521. The summed E-state index contributed by atoms with van der Waals surface area (Å²) in [6.45, 7) is 10.2. The predicted octanol–water partition coefficient (Wildman–Crippen LogP) is 3.85. The third-order valence-corrected chi connectivity index (χ3v) is 6.56. The Morgan fingerprint density at radius 3 is 2.26 bits per heavy atom. The van der Waals surface area contributed by atoms with Crippen LogP contribution in [0.1, 0.15) is 37.4 Å². The number of thiophene rings is 1. The minimum atomic E-state index is -3.43. The van der Waals surface area contributed by atoms with E-state index in [1.165, 1.54) is 11.3 Å². The van der Waals surface area contributed by atoms with Gasteiger partial charge in [-0.3, -0.25) is 0 Å². The molecule has 1 aromatic heterocycles. The largest absolute Gasteiger partial charge is 0.244 e. The summed E-state index contributed by atoms with van der Waals surface area (Å²) in [6.07, 6.45) is 0. The summed E-state index contributed by atoms with van der Waals surface area (Å²) >= 11 is 7.24. The highest BCUT2D eigenvalue weighted by Crippen LogP contribution is 2.30. The molecule has 0 bridgehead atoms. The van der Waals surface area contributed by atoms with Crippen molar-refractivity contribution in [2.45, 2.75) is 51.4 Å². The lowest BCUT2D eigenvalue weighted by atomic mass is 10.2. The van der Waals surface area contributed by atoms with E-state index in [1.807, 2.05) is 34.6 Å². The lowest BCUT2D eigenvalue weighted by Gasteiger charge is -2.27. The zero-order valence-corrected chi connectivity index (χ0v) is 14.5. The van der Waals surface area contributed by atoms with Crippen LogP contribution < -0.4 is 0 Å². The number of rotatable bonds is 6. The summed E-state index contributed by atoms with van der Waals surface area (Å²) in [5.41, 5.74) is 0. The fourth-order valence-electron chi connectivity index (χ4n) is 1.92. The summed E-state index contributed by atoms with van der Waals surface area (Å²) in [7, 11) is -3.43. The van der Waals surface area contributed by atoms with Gasteiger partial charge in [-0.15, -0.1) is 22.9 Å². The van der Waals surface area contributed by atoms with Gasteiger partial charge in [0, 0.05) is 22.3 Å². The van der Waals surface area contributed by atoms with Crippen molar-refractivity contribution in [1.82, 2.24) is 4.31 Å². The second-order valence-corrected chi connectivity index (χ2v) is 8.80. The van der Waals surface area contributed by atoms with Gasteiger partial charge in [-0.2, -0.15) is 4.31 Å². The molecule has 0 spiro atoms. The maximum absolute atomic E-state index is 12.7. The molecule has 0 N–H and O–H groups in total. The van der Waals surface area contributed by atoms with Crippen molar-refractivity contribution in [3.8, 4) is 0 Å². The zero-order chi connectivity index (χ0) is 14.8. The van der Waals surface area contributed by atoms with Crippen molar-refractivity contribution in [3.63, 3.8) is 0 Å². The standard InChI is InChI=1S/C13H22ClNO2S2/c1-9(2)8-15(10(3)4)19(16,17)13-6-12(7-14)18-11(13)5/h6,9-10H,7-8H2,1-5H3. The van der Waals surface area contributed by atoms with E-state index in [-0.39, 0.29) is 6.04 Å². The molecule has 0 saturated carbocycles. The number of hydrogen-bond acceptors (Lipinski definition) is 3. The molecule has 1 rings (SSSR count). The van der Waals surface area contributed by atoms with Crippen LogP contribution in [0.15, 0.2) is 11.0 Å². The highest BCUT2D eigenvalue weighted by atomic mass is 35.5. The van der Waals surface area contributed by atoms with Crippen LogP contribution in [0.4, 0.5) is 0 Å². The van der Waals surface area contributed by atoms with Crippen LogP contribution in [0.5, 0.6) is 0 Å². The lowest BCUT2D eigenvalue weighted by Crippen LogP contribution is -2.39. The molecule has 0 radical (unpaired) electrons. The number of alkyl halides is 1. The molecule has 110 valence electrons. The lowest BCUT2D eigenvalue weighted by molar-refractivity contribution is 0.319. The van der Waals surface area contributed by atoms with Crippen LogP contribution >= 0.6 is 22.9 Å². The quantitative estimate of drug-likeness (QED) is 0.746. The van der Waals surface area contributed by atoms with Gasteiger partial charge in [0.25, 0.3) is 0 Å². The molecule has 0 saturated heterocycles. The summed E-state index contributed by atoms with van der Waals surface area (Å²) < 4.78 is 27.1. The molecule has 0 fully saturated rings. The molecule has 1 aromatic rings. The highest BCUT2D eigenvalue weighted by Gasteiger charge is 2.30. The molecule has 1 heterocycles. The van der Waals surface area contributed by atoms with E-state index in [2.05, 4.69) is 0 Å². The Morgan fingerprint density at radius 1 is 1.32 bits per heavy atom. The number of nitrogens with zero attached hydrogens (tertiary/aromatic N) is 1. The van der Waals surface area contributed by atoms with Crippen molar-refractivity contribution in [1.29, 1.82) is 0 Å². The Balaban J connectivity index is 3.22. The van der Waals surface area contributed by atoms with Crippen molar-refractivity contribution < 1.29 is 8.42 Å². The first-order valence-corrected chi connectivity index (χ1v) is 9.16. The van der Waals surface area contributed by atoms with E-state index in [0.29, 0.717) is 23.2 Å². The number of hydrogen-bond donors (Lipinski definition) is 0. The summed E-state index contributed by atoms with van der Waals surface area (Å²) in [4.78, 5) is 2.11. The van der Waals surface area contributed by atoms with Crippen LogP contribution in [0, 0.1) is 12.8 Å². The Hall–Kier alpha value is -0.100. The second kappa shape index (κ2) is 6.57. The first kappa shape index (κ1) is 17.0. The van der Waals surface area contributed by atoms with Crippen molar-refractivity contribution in [2.24, 2.45) is 5.92 Å². The monoisotopic (exact) mass is 323 g/mol. The average molecular weight is 324 g/mol. The topological polar surface area (TPSA) is 37.4 Å². The minimum absolute atomic E-state index is 0.0499. The van der Waals surface area contributed by atoms with E-state index in [1.54, 1.807) is 10.4 Å². The molecule has 0 amide bonds. The second-order valence-electron chi connectivity index (χ2n) is 5.33. The maximum Gasteiger partial charge on any atom is 0.244 e. The maximum atomic E-state index is 12.7. The third-order valence-electron chi connectivity index (χ3n) is 2.76. The van der Waals surface area contributed by atoms with Crippen LogP contribution in [-0.4, -0.2) is 25.3 Å². The van der Waals surface area contributed by atoms with Crippen LogP contribution in [0.2, 0.25) is 0 Å². The summed E-state index contributed by atoms with van der Waals surface area (Å²) in [5.74, 6) is 0.649. The fourth-order valence-corrected chi connectivity index (χ4v) is 5.42. The van der Waals surface area contributed by atoms with E-state index in [4.69, 9.17) is 11.6 Å². The fraction of sp³-hybridized carbons (Fsp3) is 0.692. The minimum Gasteiger partial charge on any atom is -0.207 e. The normalized spacial score (nSPS) is 12.9. The Kier molecular flexibility index (Phi) is 5.86. The highest BCUT2D eigenvalue weighted by molar-refractivity contribution is 7.89. The molecule has 6 heteroatoms. The van der Waals surface area contributed by atoms with Gasteiger partial charge in [0.15, 0.2) is 0 Å². The number of aryl methyl sites for hydroxylation is 1. The zero-order valence-electron chi connectivity index (χ0n) is 12.1. The van der Waals surface area contributed by atoms with Gasteiger partial charge in [0.05, 0.1) is 10.8 Å². The van der Waals surface area contributed by atoms with Gasteiger partial charge in [0.2, 0.25) is 10.0 Å². The Labute approximate surface area is 125 Å². The van der Waals surface area contributed by atoms with Crippen molar-refractivity contribution >= 4 is 33.0 Å². The molecule has 19 heavy (non-hydrogen) atoms. The van der Waals surface area contributed by atoms with E-state index < -0.39 is 10.0 Å². The smallest absolute Gasteiger partial charge is 0.207 e. The van der Waals surface area contributed by atoms with Crippen molar-refractivity contribution in [3.05, 3.63) is 15.8 Å². The van der Waals surface area contributed by atoms with E-state index in [0.717, 1.165) is 9.75 Å². The van der Waals surface area contributed by atoms with Gasteiger partial charge >= 0.3 is 0 Å². The third kappa shape index (κ3) is 3.94. The first-order valence-electron chi connectivity index (χ1n) is 6.37. The van der Waals surface area contributed by atoms with Crippen LogP contribution in [0.3, 0.4) is 0 Å². The van der Waals surface area contributed by atoms with Crippen LogP contribution in [0.25, 0.3) is 0 Å². The molecule has 0 aliphatic rings. The first-order chi connectivity index (χ1) is 8.70. The van der Waals surface area contributed by atoms with Gasteiger partial charge in [0.1, 0.15) is 0 Å². The molecule has 0 aromatic carbocycles. The molecular formula is C13H22ClNO2S2. The van der Waals surface area contributed by atoms with Gasteiger partial charge in [-0.25, -0.2) is 8.42 Å². The van der Waals surface area contributed by atoms with E-state index >= 15 is 0 Å². The molecule has 0 aliphatic heterocycles. The molecule has 0 aliphatic carbocycles. The summed E-state index contributed by atoms with van der Waals surface area (Å²) in [6, 6.07) is 1.66. The summed E-state index contributed by atoms with van der Waals surface area (Å²) in [5, 5.41) is 0. The molecule has 3 nitrogen and oxygen atoms in total. The SMILES string of the molecule is Cc1sc(CCl)cc1S(=O)(=O)N(CC(C)C)C(C)C. The average Bonchev–Trinajstić information content (AvgIpc) is 2.67. The van der Waals surface area contributed by atoms with Crippen LogP contribution in [-0.2, 0) is 15.9 Å². The van der Waals surface area contributed by atoms with Gasteiger partial charge in [-0.05, 0) is 32.8 Å². The predicted molar refractivity (Wildman–Crippen MR) is 82.5 cm³/mol. The van der Waals surface area contributed by atoms with Gasteiger partial charge in [-0.1, -0.05) is 13.8 Å². The number of halogens is 1. The number of sulfonamides is 1. The molecule has 0 atom stereocenters. The molecular weight excluding hydrogens is 302 g/mol. The Morgan fingerprint density at radius 2 is 1.89 bits per heavy atom.